The topological polar surface area (TPSA) is 100 Å². The standard InChI is InChI=1S/C24H27N3O4/c28-22(29)16-24(26-17-21(27-24)20-12-6-2-7-13-20)14-8-3-9-15-25-23(30)31-18-19-10-4-1-5-11-19/h1-2,4-7,10-13,17H,3,8-9,14-16,18H2,(H,25,30)(H,28,29)/t24-/m0/s1. The zero-order valence-electron chi connectivity index (χ0n) is 17.4. The number of benzene rings is 2. The van der Waals surface area contributed by atoms with Crippen molar-refractivity contribution in [2.75, 3.05) is 6.54 Å². The Morgan fingerprint density at radius 3 is 2.39 bits per heavy atom. The van der Waals surface area contributed by atoms with Gasteiger partial charge in [-0.05, 0) is 24.8 Å². The molecule has 1 aliphatic heterocycles. The third kappa shape index (κ3) is 7.06. The summed E-state index contributed by atoms with van der Waals surface area (Å²) in [4.78, 5) is 32.3. The van der Waals surface area contributed by atoms with Gasteiger partial charge in [0.2, 0.25) is 0 Å². The molecule has 0 aliphatic carbocycles. The van der Waals surface area contributed by atoms with Gasteiger partial charge < -0.3 is 15.2 Å². The van der Waals surface area contributed by atoms with Crippen molar-refractivity contribution in [2.24, 2.45) is 9.98 Å². The highest BCUT2D eigenvalue weighted by Gasteiger charge is 2.34. The fourth-order valence-electron chi connectivity index (χ4n) is 3.42. The second-order valence-electron chi connectivity index (χ2n) is 7.47. The first-order chi connectivity index (χ1) is 15.1. The first kappa shape index (κ1) is 22.2. The number of carbonyl (C=O) groups is 2. The lowest BCUT2D eigenvalue weighted by molar-refractivity contribution is -0.138. The fraction of sp³-hybridized carbons (Fsp3) is 0.333. The van der Waals surface area contributed by atoms with Gasteiger partial charge in [-0.1, -0.05) is 67.1 Å². The predicted molar refractivity (Wildman–Crippen MR) is 120 cm³/mol. The quantitative estimate of drug-likeness (QED) is 0.531. The monoisotopic (exact) mass is 421 g/mol. The first-order valence-corrected chi connectivity index (χ1v) is 10.4. The van der Waals surface area contributed by atoms with Crippen molar-refractivity contribution in [1.82, 2.24) is 5.32 Å². The summed E-state index contributed by atoms with van der Waals surface area (Å²) >= 11 is 0. The molecule has 2 N–H and O–H groups in total. The highest BCUT2D eigenvalue weighted by atomic mass is 16.5. The number of rotatable bonds is 11. The molecule has 2 aromatic rings. The summed E-state index contributed by atoms with van der Waals surface area (Å²) in [6.45, 7) is 0.742. The van der Waals surface area contributed by atoms with Crippen molar-refractivity contribution < 1.29 is 19.4 Å². The number of aliphatic carboxylic acids is 1. The van der Waals surface area contributed by atoms with Crippen LogP contribution in [0.4, 0.5) is 4.79 Å². The molecule has 1 atom stereocenters. The van der Waals surface area contributed by atoms with Crippen LogP contribution in [0.5, 0.6) is 0 Å². The Hall–Kier alpha value is -3.48. The third-order valence-corrected chi connectivity index (χ3v) is 5.00. The molecule has 1 aliphatic rings. The van der Waals surface area contributed by atoms with Crippen LogP contribution in [0, 0.1) is 0 Å². The van der Waals surface area contributed by atoms with Crippen LogP contribution >= 0.6 is 0 Å². The average molecular weight is 421 g/mol. The maximum Gasteiger partial charge on any atom is 0.407 e. The Bertz CT molecular complexity index is 928. The van der Waals surface area contributed by atoms with Gasteiger partial charge in [0.1, 0.15) is 6.61 Å². The zero-order chi connectivity index (χ0) is 21.9. The molecule has 0 spiro atoms. The van der Waals surface area contributed by atoms with Crippen molar-refractivity contribution in [3.8, 4) is 0 Å². The number of amides is 1. The molecule has 31 heavy (non-hydrogen) atoms. The van der Waals surface area contributed by atoms with E-state index in [0.717, 1.165) is 30.4 Å². The maximum atomic E-state index is 11.8. The van der Waals surface area contributed by atoms with E-state index in [1.807, 2.05) is 60.7 Å². The minimum Gasteiger partial charge on any atom is -0.481 e. The minimum atomic E-state index is -0.945. The van der Waals surface area contributed by atoms with E-state index in [0.29, 0.717) is 18.7 Å². The van der Waals surface area contributed by atoms with Gasteiger partial charge >= 0.3 is 12.1 Å². The van der Waals surface area contributed by atoms with Gasteiger partial charge in [-0.3, -0.25) is 14.8 Å². The van der Waals surface area contributed by atoms with Crippen LogP contribution in [0.15, 0.2) is 70.6 Å². The average Bonchev–Trinajstić information content (AvgIpc) is 3.19. The molecular weight excluding hydrogens is 394 g/mol. The smallest absolute Gasteiger partial charge is 0.407 e. The number of ether oxygens (including phenoxy) is 1. The van der Waals surface area contributed by atoms with E-state index >= 15 is 0 Å². The number of hydrogen-bond acceptors (Lipinski definition) is 5. The van der Waals surface area contributed by atoms with E-state index in [1.165, 1.54) is 0 Å². The summed E-state index contributed by atoms with van der Waals surface area (Å²) in [5.41, 5.74) is 1.63. The van der Waals surface area contributed by atoms with E-state index in [9.17, 15) is 14.7 Å². The number of hydrogen-bond donors (Lipinski definition) is 2. The van der Waals surface area contributed by atoms with Gasteiger partial charge in [0, 0.05) is 12.1 Å². The molecule has 7 heteroatoms. The first-order valence-electron chi connectivity index (χ1n) is 10.4. The summed E-state index contributed by atoms with van der Waals surface area (Å²) in [7, 11) is 0. The van der Waals surface area contributed by atoms with Crippen LogP contribution in [0.1, 0.15) is 43.2 Å². The van der Waals surface area contributed by atoms with Crippen LogP contribution in [0.2, 0.25) is 0 Å². The SMILES string of the molecule is O=C(O)C[C@@]1(CCCCCNC(=O)OCc2ccccc2)N=CC(c2ccccc2)=N1. The molecule has 1 heterocycles. The van der Waals surface area contributed by atoms with Gasteiger partial charge in [-0.25, -0.2) is 4.79 Å². The van der Waals surface area contributed by atoms with Gasteiger partial charge in [-0.15, -0.1) is 0 Å². The molecule has 0 unspecified atom stereocenters. The Labute approximate surface area is 181 Å². The number of alkyl carbamates (subject to hydrolysis) is 1. The van der Waals surface area contributed by atoms with E-state index in [-0.39, 0.29) is 13.0 Å². The highest BCUT2D eigenvalue weighted by molar-refractivity contribution is 6.39. The predicted octanol–water partition coefficient (Wildman–Crippen LogP) is 4.22. The van der Waals surface area contributed by atoms with Crippen LogP contribution in [-0.2, 0) is 16.1 Å². The second kappa shape index (κ2) is 11.1. The number of unbranched alkanes of at least 4 members (excludes halogenated alkanes) is 2. The van der Waals surface area contributed by atoms with Crippen LogP contribution in [0.25, 0.3) is 0 Å². The molecular formula is C24H27N3O4. The molecule has 0 radical (unpaired) electrons. The number of carbonyl (C=O) groups excluding carboxylic acids is 1. The number of aliphatic imine (C=N–C) groups is 2. The molecule has 0 saturated heterocycles. The number of nitrogens with zero attached hydrogens (tertiary/aromatic N) is 2. The van der Waals surface area contributed by atoms with Crippen LogP contribution in [-0.4, -0.2) is 41.3 Å². The number of nitrogens with one attached hydrogen (secondary N) is 1. The lowest BCUT2D eigenvalue weighted by Crippen LogP contribution is -2.27. The van der Waals surface area contributed by atoms with E-state index in [2.05, 4.69) is 15.3 Å². The Balaban J connectivity index is 1.39. The van der Waals surface area contributed by atoms with Crippen molar-refractivity contribution >= 4 is 24.0 Å². The number of carboxylic acids is 1. The fourth-order valence-corrected chi connectivity index (χ4v) is 3.42. The van der Waals surface area contributed by atoms with Gasteiger partial charge in [0.15, 0.2) is 5.66 Å². The van der Waals surface area contributed by atoms with Crippen molar-refractivity contribution in [2.45, 2.75) is 44.4 Å². The van der Waals surface area contributed by atoms with Gasteiger partial charge in [0.25, 0.3) is 0 Å². The van der Waals surface area contributed by atoms with Crippen molar-refractivity contribution in [3.63, 3.8) is 0 Å². The normalized spacial score (nSPS) is 17.2. The number of carboxylic acid groups (broad SMARTS) is 1. The zero-order valence-corrected chi connectivity index (χ0v) is 17.4. The molecule has 3 rings (SSSR count). The molecule has 0 fully saturated rings. The summed E-state index contributed by atoms with van der Waals surface area (Å²) in [6, 6.07) is 19.1. The summed E-state index contributed by atoms with van der Waals surface area (Å²) in [6.07, 6.45) is 3.99. The largest absolute Gasteiger partial charge is 0.481 e. The molecule has 7 nitrogen and oxygen atoms in total. The van der Waals surface area contributed by atoms with E-state index in [4.69, 9.17) is 4.74 Å². The minimum absolute atomic E-state index is 0.135. The molecule has 0 saturated carbocycles. The van der Waals surface area contributed by atoms with Crippen molar-refractivity contribution in [1.29, 1.82) is 0 Å². The van der Waals surface area contributed by atoms with E-state index in [1.54, 1.807) is 6.21 Å². The maximum absolute atomic E-state index is 11.8. The lowest BCUT2D eigenvalue weighted by Gasteiger charge is -2.21. The van der Waals surface area contributed by atoms with Crippen LogP contribution in [0.3, 0.4) is 0 Å². The van der Waals surface area contributed by atoms with Crippen molar-refractivity contribution in [3.05, 3.63) is 71.8 Å². The summed E-state index contributed by atoms with van der Waals surface area (Å²) in [5.74, 6) is -0.918. The Morgan fingerprint density at radius 2 is 1.68 bits per heavy atom. The lowest BCUT2D eigenvalue weighted by atomic mass is 9.99. The molecule has 0 bridgehead atoms. The Kier molecular flexibility index (Phi) is 7.92. The summed E-state index contributed by atoms with van der Waals surface area (Å²) in [5, 5.41) is 12.1. The van der Waals surface area contributed by atoms with E-state index < -0.39 is 17.7 Å². The molecule has 2 aromatic carbocycles. The Morgan fingerprint density at radius 1 is 0.968 bits per heavy atom. The van der Waals surface area contributed by atoms with Gasteiger partial charge in [-0.2, -0.15) is 0 Å². The summed E-state index contributed by atoms with van der Waals surface area (Å²) < 4.78 is 5.18. The van der Waals surface area contributed by atoms with Gasteiger partial charge in [0.05, 0.1) is 18.3 Å². The van der Waals surface area contributed by atoms with Crippen LogP contribution < -0.4 is 5.32 Å². The molecule has 0 aromatic heterocycles. The third-order valence-electron chi connectivity index (χ3n) is 5.00. The molecule has 1 amide bonds. The second-order valence-corrected chi connectivity index (χ2v) is 7.47. The highest BCUT2D eigenvalue weighted by Crippen LogP contribution is 2.30. The molecule has 162 valence electrons.